The van der Waals surface area contributed by atoms with Crippen molar-refractivity contribution in [3.05, 3.63) is 101 Å². The number of nitrogens with one attached hydrogen (secondary N) is 1. The first-order valence-corrected chi connectivity index (χ1v) is 15.3. The van der Waals surface area contributed by atoms with E-state index in [0.29, 0.717) is 17.0 Å². The fourth-order valence-corrected chi connectivity index (χ4v) is 4.94. The topological polar surface area (TPSA) is 85.4 Å². The molecule has 1 aliphatic rings. The van der Waals surface area contributed by atoms with Crippen molar-refractivity contribution in [3.8, 4) is 17.2 Å². The Morgan fingerprint density at radius 3 is 2.52 bits per heavy atom. The van der Waals surface area contributed by atoms with Crippen molar-refractivity contribution in [2.45, 2.75) is 73.4 Å². The van der Waals surface area contributed by atoms with Crippen LogP contribution in [0.15, 0.2) is 73.2 Å². The van der Waals surface area contributed by atoms with Gasteiger partial charge in [0.1, 0.15) is 11.5 Å². The standard InChI is InChI=1S/C31H33F2N5O2.2C2H6/c1-20-8-9-24(14-29(20)40-28-7-3-5-23(13-28)30(32)33)31(39)36-26-11-22(17-37-10-4-6-25(34)18-37)12-27(15-26)38-16-21(2)35-19-38;2*1-2/h3,5,7-9,11-16,19,25,30H,4,6,10,17-18,34H2,1-2H3,(H,36,39);2*1-2H3. The van der Waals surface area contributed by atoms with Crippen molar-refractivity contribution < 1.29 is 18.3 Å². The summed E-state index contributed by atoms with van der Waals surface area (Å²) in [6.45, 7) is 14.3. The number of ether oxygens (including phenoxy) is 1. The van der Waals surface area contributed by atoms with Crippen LogP contribution in [0.5, 0.6) is 11.5 Å². The fourth-order valence-electron chi connectivity index (χ4n) is 4.94. The number of alkyl halides is 2. The molecule has 9 heteroatoms. The number of piperidine rings is 1. The van der Waals surface area contributed by atoms with Crippen LogP contribution in [0.2, 0.25) is 0 Å². The number of rotatable bonds is 8. The average Bonchev–Trinajstić information content (AvgIpc) is 3.46. The Morgan fingerprint density at radius 1 is 1.07 bits per heavy atom. The number of amides is 1. The molecule has 236 valence electrons. The summed E-state index contributed by atoms with van der Waals surface area (Å²) in [4.78, 5) is 20.0. The van der Waals surface area contributed by atoms with Crippen LogP contribution in [-0.2, 0) is 6.54 Å². The van der Waals surface area contributed by atoms with Crippen LogP contribution < -0.4 is 15.8 Å². The maximum atomic E-state index is 13.4. The van der Waals surface area contributed by atoms with E-state index in [1.165, 1.54) is 18.2 Å². The van der Waals surface area contributed by atoms with Gasteiger partial charge in [-0.15, -0.1) is 0 Å². The Labute approximate surface area is 260 Å². The summed E-state index contributed by atoms with van der Waals surface area (Å²) < 4.78 is 34.1. The molecular formula is C35H45F2N5O2. The number of aryl methyl sites for hydroxylation is 2. The van der Waals surface area contributed by atoms with Gasteiger partial charge >= 0.3 is 0 Å². The Bertz CT molecular complexity index is 1500. The number of aromatic nitrogens is 2. The molecule has 7 nitrogen and oxygen atoms in total. The highest BCUT2D eigenvalue weighted by atomic mass is 19.3. The number of hydrogen-bond donors (Lipinski definition) is 2. The molecule has 1 amide bonds. The van der Waals surface area contributed by atoms with Crippen molar-refractivity contribution in [1.82, 2.24) is 14.5 Å². The van der Waals surface area contributed by atoms with Gasteiger partial charge in [-0.2, -0.15) is 0 Å². The third-order valence-corrected chi connectivity index (χ3v) is 6.98. The van der Waals surface area contributed by atoms with E-state index in [1.807, 2.05) is 64.4 Å². The molecule has 1 aromatic heterocycles. The number of anilines is 1. The number of likely N-dealkylation sites (tertiary alicyclic amines) is 1. The molecule has 0 spiro atoms. The Hall–Kier alpha value is -4.08. The summed E-state index contributed by atoms with van der Waals surface area (Å²) >= 11 is 0. The number of benzene rings is 3. The lowest BCUT2D eigenvalue weighted by Gasteiger charge is -2.30. The Balaban J connectivity index is 0.00000127. The van der Waals surface area contributed by atoms with Gasteiger partial charge in [-0.3, -0.25) is 9.69 Å². The summed E-state index contributed by atoms with van der Waals surface area (Å²) in [5.74, 6) is 0.392. The normalized spacial score (nSPS) is 14.6. The Kier molecular flexibility index (Phi) is 13.0. The molecular weight excluding hydrogens is 560 g/mol. The second-order valence-corrected chi connectivity index (χ2v) is 10.4. The maximum Gasteiger partial charge on any atom is 0.263 e. The summed E-state index contributed by atoms with van der Waals surface area (Å²) in [7, 11) is 0. The van der Waals surface area contributed by atoms with Crippen molar-refractivity contribution in [3.63, 3.8) is 0 Å². The minimum Gasteiger partial charge on any atom is -0.457 e. The van der Waals surface area contributed by atoms with Crippen molar-refractivity contribution in [2.24, 2.45) is 5.73 Å². The van der Waals surface area contributed by atoms with Gasteiger partial charge < -0.3 is 20.4 Å². The minimum absolute atomic E-state index is 0.126. The molecule has 1 atom stereocenters. The molecule has 0 bridgehead atoms. The lowest BCUT2D eigenvalue weighted by atomic mass is 10.0. The average molecular weight is 606 g/mol. The first-order chi connectivity index (χ1) is 21.2. The summed E-state index contributed by atoms with van der Waals surface area (Å²) in [6.07, 6.45) is 3.19. The van der Waals surface area contributed by atoms with E-state index in [-0.39, 0.29) is 23.3 Å². The molecule has 0 radical (unpaired) electrons. The second-order valence-electron chi connectivity index (χ2n) is 10.4. The van der Waals surface area contributed by atoms with Crippen LogP contribution >= 0.6 is 0 Å². The molecule has 5 rings (SSSR count). The minimum atomic E-state index is -2.60. The van der Waals surface area contributed by atoms with Crippen molar-refractivity contribution in [1.29, 1.82) is 0 Å². The smallest absolute Gasteiger partial charge is 0.263 e. The van der Waals surface area contributed by atoms with Gasteiger partial charge in [0.25, 0.3) is 12.3 Å². The van der Waals surface area contributed by atoms with Crippen LogP contribution in [0.4, 0.5) is 14.5 Å². The van der Waals surface area contributed by atoms with Gasteiger partial charge in [0, 0.05) is 47.8 Å². The van der Waals surface area contributed by atoms with Crippen LogP contribution in [0.3, 0.4) is 0 Å². The monoisotopic (exact) mass is 605 g/mol. The van der Waals surface area contributed by atoms with E-state index in [1.54, 1.807) is 30.6 Å². The van der Waals surface area contributed by atoms with Crippen LogP contribution in [-0.4, -0.2) is 39.5 Å². The van der Waals surface area contributed by atoms with Crippen molar-refractivity contribution in [2.75, 3.05) is 18.4 Å². The molecule has 4 aromatic rings. The SMILES string of the molecule is CC.CC.Cc1cn(-c2cc(CN3CCCC(N)C3)cc(NC(=O)c3ccc(C)c(Oc4cccc(C(F)F)c4)c3)c2)cn1. The third-order valence-electron chi connectivity index (χ3n) is 6.98. The van der Waals surface area contributed by atoms with Gasteiger partial charge in [-0.1, -0.05) is 45.9 Å². The fraction of sp³-hybridized carbons (Fsp3) is 0.371. The zero-order chi connectivity index (χ0) is 32.2. The number of nitrogens with two attached hydrogens (primary N) is 1. The first kappa shape index (κ1) is 34.4. The number of imidazole rings is 1. The molecule has 1 unspecified atom stereocenters. The number of hydrogen-bond acceptors (Lipinski definition) is 5. The highest BCUT2D eigenvalue weighted by Gasteiger charge is 2.18. The van der Waals surface area contributed by atoms with E-state index in [0.717, 1.165) is 55.0 Å². The lowest BCUT2D eigenvalue weighted by molar-refractivity contribution is 0.102. The number of carbonyl (C=O) groups excluding carboxylic acids is 1. The molecule has 44 heavy (non-hydrogen) atoms. The van der Waals surface area contributed by atoms with Gasteiger partial charge in [-0.05, 0) is 86.8 Å². The highest BCUT2D eigenvalue weighted by molar-refractivity contribution is 6.04. The largest absolute Gasteiger partial charge is 0.457 e. The van der Waals surface area contributed by atoms with Crippen LogP contribution in [0.25, 0.3) is 5.69 Å². The third kappa shape index (κ3) is 9.46. The zero-order valence-corrected chi connectivity index (χ0v) is 26.6. The lowest BCUT2D eigenvalue weighted by Crippen LogP contribution is -2.42. The van der Waals surface area contributed by atoms with E-state index in [2.05, 4.69) is 21.3 Å². The molecule has 0 aliphatic carbocycles. The van der Waals surface area contributed by atoms with E-state index < -0.39 is 6.43 Å². The van der Waals surface area contributed by atoms with Crippen molar-refractivity contribution >= 4 is 11.6 Å². The molecule has 1 saturated heterocycles. The second kappa shape index (κ2) is 16.7. The molecule has 3 aromatic carbocycles. The summed E-state index contributed by atoms with van der Waals surface area (Å²) in [5, 5.41) is 3.03. The molecule has 2 heterocycles. The van der Waals surface area contributed by atoms with E-state index in [4.69, 9.17) is 10.5 Å². The Morgan fingerprint density at radius 2 is 1.84 bits per heavy atom. The van der Waals surface area contributed by atoms with E-state index in [9.17, 15) is 13.6 Å². The molecule has 3 N–H and O–H groups in total. The van der Waals surface area contributed by atoms with E-state index >= 15 is 0 Å². The first-order valence-electron chi connectivity index (χ1n) is 15.3. The van der Waals surface area contributed by atoms with Gasteiger partial charge in [0.2, 0.25) is 0 Å². The quantitative estimate of drug-likeness (QED) is 0.211. The van der Waals surface area contributed by atoms with Gasteiger partial charge in [-0.25, -0.2) is 13.8 Å². The van der Waals surface area contributed by atoms with Gasteiger partial charge in [0.05, 0.1) is 12.0 Å². The predicted octanol–water partition coefficient (Wildman–Crippen LogP) is 8.45. The molecule has 1 aliphatic heterocycles. The highest BCUT2D eigenvalue weighted by Crippen LogP contribution is 2.30. The number of carbonyl (C=O) groups is 1. The number of nitrogens with zero attached hydrogens (tertiary/aromatic N) is 3. The number of halogens is 2. The zero-order valence-electron chi connectivity index (χ0n) is 26.6. The summed E-state index contributed by atoms with van der Waals surface area (Å²) in [6, 6.07) is 17.1. The van der Waals surface area contributed by atoms with Crippen LogP contribution in [0.1, 0.15) is 79.7 Å². The molecule has 1 fully saturated rings. The molecule has 0 saturated carbocycles. The predicted molar refractivity (Wildman–Crippen MR) is 174 cm³/mol. The van der Waals surface area contributed by atoms with Crippen LogP contribution in [0, 0.1) is 13.8 Å². The summed E-state index contributed by atoms with van der Waals surface area (Å²) in [5.41, 5.74) is 10.7. The maximum absolute atomic E-state index is 13.4. The van der Waals surface area contributed by atoms with Gasteiger partial charge in [0.15, 0.2) is 0 Å².